The highest BCUT2D eigenvalue weighted by atomic mass is 19.1. The number of benzene rings is 2. The van der Waals surface area contributed by atoms with Crippen molar-refractivity contribution in [2.75, 3.05) is 11.1 Å². The standard InChI is InChI=1S/C18H19FN2O/c1-12(2)14-5-3-4-6-17(14)21-18(22)10-8-13-7-9-15(19)16(20)11-13/h3-12H,20H2,1-2H3,(H,21,22)/b10-8+. The maximum absolute atomic E-state index is 13.1. The zero-order chi connectivity index (χ0) is 16.1. The van der Waals surface area contributed by atoms with Gasteiger partial charge in [0.2, 0.25) is 5.91 Å². The molecule has 0 unspecified atom stereocenters. The zero-order valence-corrected chi connectivity index (χ0v) is 12.6. The van der Waals surface area contributed by atoms with Gasteiger partial charge in [-0.3, -0.25) is 4.79 Å². The lowest BCUT2D eigenvalue weighted by atomic mass is 10.0. The number of hydrogen-bond acceptors (Lipinski definition) is 2. The van der Waals surface area contributed by atoms with Crippen molar-refractivity contribution in [2.24, 2.45) is 0 Å². The van der Waals surface area contributed by atoms with Gasteiger partial charge >= 0.3 is 0 Å². The van der Waals surface area contributed by atoms with E-state index in [1.54, 1.807) is 12.1 Å². The summed E-state index contributed by atoms with van der Waals surface area (Å²) in [6, 6.07) is 12.0. The Morgan fingerprint density at radius 2 is 1.95 bits per heavy atom. The van der Waals surface area contributed by atoms with E-state index in [1.807, 2.05) is 24.3 Å². The molecule has 0 aliphatic rings. The smallest absolute Gasteiger partial charge is 0.248 e. The van der Waals surface area contributed by atoms with Crippen LogP contribution in [-0.2, 0) is 4.79 Å². The second-order valence-electron chi connectivity index (χ2n) is 5.35. The van der Waals surface area contributed by atoms with Crippen LogP contribution >= 0.6 is 0 Å². The van der Waals surface area contributed by atoms with E-state index in [4.69, 9.17) is 5.73 Å². The van der Waals surface area contributed by atoms with Crippen LogP contribution in [0.15, 0.2) is 48.5 Å². The Labute approximate surface area is 129 Å². The van der Waals surface area contributed by atoms with Gasteiger partial charge in [-0.05, 0) is 41.3 Å². The molecule has 114 valence electrons. The molecule has 2 aromatic carbocycles. The predicted molar refractivity (Wildman–Crippen MR) is 89.0 cm³/mol. The van der Waals surface area contributed by atoms with Crippen molar-refractivity contribution in [1.29, 1.82) is 0 Å². The van der Waals surface area contributed by atoms with Crippen molar-refractivity contribution >= 4 is 23.4 Å². The normalized spacial score (nSPS) is 11.1. The Balaban J connectivity index is 2.10. The number of para-hydroxylation sites is 1. The fourth-order valence-electron chi connectivity index (χ4n) is 2.13. The number of nitrogen functional groups attached to an aromatic ring is 1. The van der Waals surface area contributed by atoms with E-state index in [2.05, 4.69) is 19.2 Å². The molecule has 0 fully saturated rings. The molecule has 0 radical (unpaired) electrons. The SMILES string of the molecule is CC(C)c1ccccc1NC(=O)/C=C/c1ccc(F)c(N)c1. The number of carbonyl (C=O) groups excluding carboxylic acids is 1. The molecule has 0 saturated heterocycles. The van der Waals surface area contributed by atoms with Crippen molar-refractivity contribution < 1.29 is 9.18 Å². The molecule has 0 aliphatic carbocycles. The van der Waals surface area contributed by atoms with Gasteiger partial charge < -0.3 is 11.1 Å². The van der Waals surface area contributed by atoms with Gasteiger partial charge in [0.05, 0.1) is 5.69 Å². The summed E-state index contributed by atoms with van der Waals surface area (Å²) in [5.74, 6) is -0.388. The average molecular weight is 298 g/mol. The molecule has 0 atom stereocenters. The first-order valence-electron chi connectivity index (χ1n) is 7.10. The molecular formula is C18H19FN2O. The molecule has 2 aromatic rings. The molecule has 0 bridgehead atoms. The van der Waals surface area contributed by atoms with Crippen LogP contribution in [0.5, 0.6) is 0 Å². The second kappa shape index (κ2) is 6.89. The van der Waals surface area contributed by atoms with Crippen LogP contribution < -0.4 is 11.1 Å². The topological polar surface area (TPSA) is 55.1 Å². The molecule has 0 aliphatic heterocycles. The molecule has 3 nitrogen and oxygen atoms in total. The molecule has 2 rings (SSSR count). The summed E-state index contributed by atoms with van der Waals surface area (Å²) in [6.07, 6.45) is 3.01. The summed E-state index contributed by atoms with van der Waals surface area (Å²) < 4.78 is 13.1. The number of nitrogens with two attached hydrogens (primary N) is 1. The van der Waals surface area contributed by atoms with Gasteiger partial charge in [-0.1, -0.05) is 38.1 Å². The fraction of sp³-hybridized carbons (Fsp3) is 0.167. The summed E-state index contributed by atoms with van der Waals surface area (Å²) in [7, 11) is 0. The van der Waals surface area contributed by atoms with Crippen LogP contribution in [-0.4, -0.2) is 5.91 Å². The maximum atomic E-state index is 13.1. The minimum atomic E-state index is -0.465. The van der Waals surface area contributed by atoms with Crippen molar-refractivity contribution in [3.63, 3.8) is 0 Å². The summed E-state index contributed by atoms with van der Waals surface area (Å²) >= 11 is 0. The lowest BCUT2D eigenvalue weighted by Crippen LogP contribution is -2.10. The highest BCUT2D eigenvalue weighted by molar-refractivity contribution is 6.02. The largest absolute Gasteiger partial charge is 0.396 e. The Kier molecular flexibility index (Phi) is 4.94. The lowest BCUT2D eigenvalue weighted by Gasteiger charge is -2.12. The van der Waals surface area contributed by atoms with E-state index in [1.165, 1.54) is 18.2 Å². The van der Waals surface area contributed by atoms with Gasteiger partial charge in [-0.2, -0.15) is 0 Å². The number of nitrogens with one attached hydrogen (secondary N) is 1. The Hall–Kier alpha value is -2.62. The van der Waals surface area contributed by atoms with E-state index < -0.39 is 5.82 Å². The number of halogens is 1. The summed E-state index contributed by atoms with van der Waals surface area (Å²) in [5, 5.41) is 2.86. The van der Waals surface area contributed by atoms with E-state index in [-0.39, 0.29) is 11.6 Å². The lowest BCUT2D eigenvalue weighted by molar-refractivity contribution is -0.111. The van der Waals surface area contributed by atoms with Crippen LogP contribution in [0.2, 0.25) is 0 Å². The number of hydrogen-bond donors (Lipinski definition) is 2. The minimum absolute atomic E-state index is 0.0627. The third kappa shape index (κ3) is 3.95. The van der Waals surface area contributed by atoms with Crippen molar-refractivity contribution in [2.45, 2.75) is 19.8 Å². The first-order chi connectivity index (χ1) is 10.5. The van der Waals surface area contributed by atoms with Crippen molar-refractivity contribution in [3.05, 3.63) is 65.5 Å². The number of carbonyl (C=O) groups is 1. The first kappa shape index (κ1) is 15.8. The van der Waals surface area contributed by atoms with E-state index >= 15 is 0 Å². The maximum Gasteiger partial charge on any atom is 0.248 e. The molecule has 0 saturated carbocycles. The first-order valence-corrected chi connectivity index (χ1v) is 7.10. The highest BCUT2D eigenvalue weighted by Gasteiger charge is 2.07. The molecule has 4 heteroatoms. The van der Waals surface area contributed by atoms with Crippen LogP contribution in [0, 0.1) is 5.82 Å². The second-order valence-corrected chi connectivity index (χ2v) is 5.35. The summed E-state index contributed by atoms with van der Waals surface area (Å²) in [6.45, 7) is 4.14. The van der Waals surface area contributed by atoms with E-state index in [9.17, 15) is 9.18 Å². The zero-order valence-electron chi connectivity index (χ0n) is 12.6. The molecular weight excluding hydrogens is 279 g/mol. The van der Waals surface area contributed by atoms with Crippen LogP contribution in [0.3, 0.4) is 0 Å². The summed E-state index contributed by atoms with van der Waals surface area (Å²) in [5.41, 5.74) is 8.11. The average Bonchev–Trinajstić information content (AvgIpc) is 2.49. The van der Waals surface area contributed by atoms with Gasteiger partial charge in [0.25, 0.3) is 0 Å². The third-order valence-corrected chi connectivity index (χ3v) is 3.29. The Bertz CT molecular complexity index is 708. The minimum Gasteiger partial charge on any atom is -0.396 e. The number of rotatable bonds is 4. The Morgan fingerprint density at radius 3 is 2.64 bits per heavy atom. The van der Waals surface area contributed by atoms with Crippen LogP contribution in [0.1, 0.15) is 30.9 Å². The van der Waals surface area contributed by atoms with Gasteiger partial charge in [0, 0.05) is 11.8 Å². The highest BCUT2D eigenvalue weighted by Crippen LogP contribution is 2.23. The molecule has 0 aromatic heterocycles. The quantitative estimate of drug-likeness (QED) is 0.657. The monoisotopic (exact) mass is 298 g/mol. The van der Waals surface area contributed by atoms with E-state index in [0.29, 0.717) is 11.5 Å². The van der Waals surface area contributed by atoms with Gasteiger partial charge in [-0.15, -0.1) is 0 Å². The molecule has 22 heavy (non-hydrogen) atoms. The van der Waals surface area contributed by atoms with Gasteiger partial charge in [-0.25, -0.2) is 4.39 Å². The molecule has 0 spiro atoms. The fourth-order valence-corrected chi connectivity index (χ4v) is 2.13. The number of amides is 1. The van der Waals surface area contributed by atoms with Crippen molar-refractivity contribution in [1.82, 2.24) is 0 Å². The molecule has 1 amide bonds. The number of anilines is 2. The van der Waals surface area contributed by atoms with Gasteiger partial charge in [0.15, 0.2) is 0 Å². The molecule has 0 heterocycles. The van der Waals surface area contributed by atoms with E-state index in [0.717, 1.165) is 11.3 Å². The molecule has 3 N–H and O–H groups in total. The summed E-state index contributed by atoms with van der Waals surface area (Å²) in [4.78, 5) is 12.0. The van der Waals surface area contributed by atoms with Crippen LogP contribution in [0.25, 0.3) is 6.08 Å². The van der Waals surface area contributed by atoms with Crippen molar-refractivity contribution in [3.8, 4) is 0 Å². The Morgan fingerprint density at radius 1 is 1.23 bits per heavy atom. The predicted octanol–water partition coefficient (Wildman–Crippen LogP) is 4.18. The van der Waals surface area contributed by atoms with Crippen LogP contribution in [0.4, 0.5) is 15.8 Å². The van der Waals surface area contributed by atoms with Gasteiger partial charge in [0.1, 0.15) is 5.82 Å². The third-order valence-electron chi connectivity index (χ3n) is 3.29.